The first-order chi connectivity index (χ1) is 31.5. The number of carbonyl (C=O) groups excluding carboxylic acids is 3. The number of carbonyl (C=O) groups is 4. The minimum absolute atomic E-state index is 0.0223. The molecule has 2 aromatic carbocycles. The summed E-state index contributed by atoms with van der Waals surface area (Å²) < 4.78 is 35.1. The zero-order chi connectivity index (χ0) is 50.6. The highest BCUT2D eigenvalue weighted by Crippen LogP contribution is 2.40. The summed E-state index contributed by atoms with van der Waals surface area (Å²) in [6.07, 6.45) is 7.75. The summed E-state index contributed by atoms with van der Waals surface area (Å²) in [5.74, 6) is 0.545. The van der Waals surface area contributed by atoms with E-state index >= 15 is 0 Å². The Morgan fingerprint density at radius 1 is 1.03 bits per heavy atom. The molecule has 18 nitrogen and oxygen atoms in total. The second-order valence-corrected chi connectivity index (χ2v) is 17.8. The number of alkyl halides is 1. The molecule has 2 atom stereocenters. The molecule has 5 rings (SSSR count). The number of ether oxygens (including phenoxy) is 2. The topological polar surface area (TPSA) is 246 Å². The van der Waals surface area contributed by atoms with Gasteiger partial charge < -0.3 is 39.9 Å². The Kier molecular flexibility index (Phi) is 24.7. The Morgan fingerprint density at radius 2 is 1.64 bits per heavy atom. The predicted octanol–water partition coefficient (Wildman–Crippen LogP) is 7.36. The SMILES string of the molecule is C#CC(C)Oc1cc(N2C(=O)C3=C(CCCC3)C2=O)c(F)cc1Cl.CCNc1nc(Cl)nc(NC(C)C)n1.CCc1cccc(C)c1N(C(=O)CCl)C(C)COC.O=C(O)CNCP(=O)(O)O. The molecular weight excluding hydrogens is 957 g/mol. The van der Waals surface area contributed by atoms with Gasteiger partial charge in [-0.05, 0) is 102 Å². The van der Waals surface area contributed by atoms with Crippen LogP contribution in [0.4, 0.5) is 27.7 Å². The number of rotatable bonds is 17. The number of amides is 3. The van der Waals surface area contributed by atoms with E-state index in [4.69, 9.17) is 65.6 Å². The van der Waals surface area contributed by atoms with Crippen molar-refractivity contribution in [3.63, 3.8) is 0 Å². The first-order valence-electron chi connectivity index (χ1n) is 21.1. The van der Waals surface area contributed by atoms with E-state index in [-0.39, 0.29) is 45.6 Å². The number of carboxylic acids is 1. The number of hydrogen-bond donors (Lipinski definition) is 6. The first kappa shape index (κ1) is 58.2. The molecular formula is C44H59Cl3FN8O10P. The molecule has 0 bridgehead atoms. The van der Waals surface area contributed by atoms with E-state index in [1.165, 1.54) is 6.07 Å². The summed E-state index contributed by atoms with van der Waals surface area (Å²) in [5, 5.41) is 16.3. The van der Waals surface area contributed by atoms with Gasteiger partial charge in [-0.15, -0.1) is 18.0 Å². The molecule has 0 saturated heterocycles. The number of aliphatic carboxylic acids is 1. The summed E-state index contributed by atoms with van der Waals surface area (Å²) in [7, 11) is -2.46. The number of halogens is 4. The zero-order valence-corrected chi connectivity index (χ0v) is 41.8. The van der Waals surface area contributed by atoms with Crippen molar-refractivity contribution in [2.45, 2.75) is 98.8 Å². The Hall–Kier alpha value is -4.90. The fourth-order valence-corrected chi connectivity index (χ4v) is 7.39. The molecule has 3 aromatic rings. The highest BCUT2D eigenvalue weighted by molar-refractivity contribution is 7.51. The van der Waals surface area contributed by atoms with Crippen LogP contribution in [0.25, 0.3) is 0 Å². The van der Waals surface area contributed by atoms with Crippen molar-refractivity contribution in [1.82, 2.24) is 20.3 Å². The summed E-state index contributed by atoms with van der Waals surface area (Å²) in [6, 6.07) is 8.58. The van der Waals surface area contributed by atoms with Gasteiger partial charge >= 0.3 is 13.6 Å². The number of methoxy groups -OCH3 is 1. The van der Waals surface area contributed by atoms with Gasteiger partial charge in [-0.1, -0.05) is 42.6 Å². The van der Waals surface area contributed by atoms with Gasteiger partial charge in [0.1, 0.15) is 17.4 Å². The highest BCUT2D eigenvalue weighted by Gasteiger charge is 2.41. The maximum Gasteiger partial charge on any atom is 0.339 e. The lowest BCUT2D eigenvalue weighted by atomic mass is 9.93. The molecule has 0 fully saturated rings. The van der Waals surface area contributed by atoms with Crippen LogP contribution in [0.3, 0.4) is 0 Å². The van der Waals surface area contributed by atoms with E-state index in [0.29, 0.717) is 42.5 Å². The van der Waals surface area contributed by atoms with E-state index in [0.717, 1.165) is 53.6 Å². The fraction of sp³-hybridized carbons (Fsp3) is 0.477. The number of carboxylic acid groups (broad SMARTS) is 1. The maximum absolute atomic E-state index is 14.4. The number of hydrogen-bond acceptors (Lipinski definition) is 13. The van der Waals surface area contributed by atoms with Crippen LogP contribution in [0.15, 0.2) is 41.5 Å². The fourth-order valence-electron chi connectivity index (χ4n) is 6.50. The summed E-state index contributed by atoms with van der Waals surface area (Å²) in [4.78, 5) is 78.1. The van der Waals surface area contributed by atoms with Gasteiger partial charge in [-0.25, -0.2) is 9.29 Å². The zero-order valence-electron chi connectivity index (χ0n) is 38.7. The van der Waals surface area contributed by atoms with Crippen LogP contribution >= 0.6 is 42.4 Å². The number of benzene rings is 2. The monoisotopic (exact) mass is 1010 g/mol. The van der Waals surface area contributed by atoms with Crippen LogP contribution in [0.2, 0.25) is 10.3 Å². The largest absolute Gasteiger partial charge is 0.480 e. The Bertz CT molecular complexity index is 2290. The minimum Gasteiger partial charge on any atom is -0.480 e. The van der Waals surface area contributed by atoms with Crippen molar-refractivity contribution in [3.8, 4) is 18.1 Å². The van der Waals surface area contributed by atoms with Crippen molar-refractivity contribution in [3.05, 3.63) is 68.7 Å². The van der Waals surface area contributed by atoms with Crippen LogP contribution in [-0.2, 0) is 34.9 Å². The van der Waals surface area contributed by atoms with Crippen LogP contribution in [0.5, 0.6) is 5.75 Å². The van der Waals surface area contributed by atoms with Gasteiger partial charge in [0.05, 0.1) is 41.9 Å². The van der Waals surface area contributed by atoms with Crippen LogP contribution in [-0.4, -0.2) is 111 Å². The van der Waals surface area contributed by atoms with Crippen molar-refractivity contribution in [2.75, 3.05) is 59.4 Å². The molecule has 2 heterocycles. The summed E-state index contributed by atoms with van der Waals surface area (Å²) in [5.41, 5.74) is 4.02. The Balaban J connectivity index is 0.000000322. The number of aryl methyl sites for hydroxylation is 2. The lowest BCUT2D eigenvalue weighted by molar-refractivity contribution is -0.136. The molecule has 2 unspecified atom stereocenters. The van der Waals surface area contributed by atoms with Crippen LogP contribution < -0.4 is 30.5 Å². The number of anilines is 4. The van der Waals surface area contributed by atoms with E-state index < -0.39 is 50.1 Å². The lowest BCUT2D eigenvalue weighted by Crippen LogP contribution is -2.43. The second-order valence-electron chi connectivity index (χ2n) is 15.1. The van der Waals surface area contributed by atoms with E-state index in [2.05, 4.69) is 49.8 Å². The number of nitrogens with zero attached hydrogens (tertiary/aromatic N) is 5. The second kappa shape index (κ2) is 28.4. The van der Waals surface area contributed by atoms with Crippen LogP contribution in [0, 0.1) is 25.1 Å². The third-order valence-corrected chi connectivity index (χ3v) is 10.6. The molecule has 23 heteroatoms. The van der Waals surface area contributed by atoms with Crippen molar-refractivity contribution >= 4 is 89.4 Å². The van der Waals surface area contributed by atoms with Gasteiger partial charge in [0, 0.05) is 36.9 Å². The highest BCUT2D eigenvalue weighted by atomic mass is 35.5. The third kappa shape index (κ3) is 18.6. The Morgan fingerprint density at radius 3 is 2.15 bits per heavy atom. The van der Waals surface area contributed by atoms with Crippen molar-refractivity contribution in [1.29, 1.82) is 0 Å². The quantitative estimate of drug-likeness (QED) is 0.0335. The summed E-state index contributed by atoms with van der Waals surface area (Å²) in [6.45, 7) is 14.5. The molecule has 67 heavy (non-hydrogen) atoms. The maximum atomic E-state index is 14.4. The van der Waals surface area contributed by atoms with Gasteiger partial charge in [0.25, 0.3) is 11.8 Å². The van der Waals surface area contributed by atoms with E-state index in [1.807, 2.05) is 46.8 Å². The molecule has 0 radical (unpaired) electrons. The summed E-state index contributed by atoms with van der Waals surface area (Å²) >= 11 is 17.5. The van der Waals surface area contributed by atoms with E-state index in [9.17, 15) is 28.1 Å². The normalized spacial score (nSPS) is 14.0. The average Bonchev–Trinajstić information content (AvgIpc) is 3.50. The molecule has 368 valence electrons. The molecule has 1 aliphatic heterocycles. The number of aromatic nitrogens is 3. The molecule has 2 aliphatic rings. The smallest absolute Gasteiger partial charge is 0.339 e. The first-order valence-corrected chi connectivity index (χ1v) is 24.2. The number of terminal acetylenes is 1. The van der Waals surface area contributed by atoms with Crippen molar-refractivity contribution < 1.29 is 52.5 Å². The predicted molar refractivity (Wildman–Crippen MR) is 259 cm³/mol. The van der Waals surface area contributed by atoms with Gasteiger partial charge in [-0.2, -0.15) is 15.0 Å². The number of imide groups is 1. The molecule has 1 aliphatic carbocycles. The van der Waals surface area contributed by atoms with Gasteiger partial charge in [-0.3, -0.25) is 29.1 Å². The number of para-hydroxylation sites is 1. The third-order valence-electron chi connectivity index (χ3n) is 9.30. The van der Waals surface area contributed by atoms with Crippen LogP contribution in [0.1, 0.15) is 78.4 Å². The lowest BCUT2D eigenvalue weighted by Gasteiger charge is -2.31. The Labute approximate surface area is 405 Å². The number of nitrogens with one attached hydrogen (secondary N) is 3. The van der Waals surface area contributed by atoms with E-state index in [1.54, 1.807) is 18.9 Å². The molecule has 3 amide bonds. The standard InChI is InChI=1S/C18H15ClFNO3.C15H22ClNO2.C8H14ClN5.C3H8NO5P/c1-3-10(2)24-16-9-15(14(20)8-13(16)19)21-17(22)11-6-4-5-7-12(11)18(21)23;1-5-13-8-6-7-11(2)15(13)17(14(18)9-16)12(3)10-19-4;1-4-10-7-12-6(9)13-8(14-7)11-5(2)3;5-3(6)1-4-2-10(7,8)9/h1,8-10H,4-7H2,2H3;6-8,12H,5,9-10H2,1-4H3;5H,4H2,1-3H3,(H2,10,11,12,13,14);4H,1-2H2,(H,5,6)(H2,7,8,9). The molecule has 0 spiro atoms. The van der Waals surface area contributed by atoms with Gasteiger partial charge in [0.15, 0.2) is 6.10 Å². The minimum atomic E-state index is -4.10. The molecule has 6 N–H and O–H groups in total. The van der Waals surface area contributed by atoms with Gasteiger partial charge in [0.2, 0.25) is 23.1 Å². The van der Waals surface area contributed by atoms with Crippen molar-refractivity contribution in [2.24, 2.45) is 0 Å². The molecule has 0 saturated carbocycles. The molecule has 1 aromatic heterocycles. The average molecular weight is 1020 g/mol.